The van der Waals surface area contributed by atoms with Crippen LogP contribution in [0.3, 0.4) is 0 Å². The first-order valence-corrected chi connectivity index (χ1v) is 10.8. The number of likely N-dealkylation sites (tertiary alicyclic amines) is 1. The van der Waals surface area contributed by atoms with E-state index in [1.54, 1.807) is 11.3 Å². The third-order valence-corrected chi connectivity index (χ3v) is 6.24. The van der Waals surface area contributed by atoms with E-state index >= 15 is 0 Å². The average Bonchev–Trinajstić information content (AvgIpc) is 3.37. The van der Waals surface area contributed by atoms with Crippen molar-refractivity contribution < 1.29 is 14.7 Å². The zero-order valence-corrected chi connectivity index (χ0v) is 17.9. The van der Waals surface area contributed by atoms with E-state index in [4.69, 9.17) is 5.41 Å². The number of rotatable bonds is 7. The van der Waals surface area contributed by atoms with Gasteiger partial charge in [0, 0.05) is 12.8 Å². The summed E-state index contributed by atoms with van der Waals surface area (Å²) in [7, 11) is 0. The molecule has 0 radical (unpaired) electrons. The normalized spacial score (nSPS) is 17.6. The number of aryl methyl sites for hydroxylation is 1. The van der Waals surface area contributed by atoms with Gasteiger partial charge in [0.25, 0.3) is 0 Å². The Labute approximate surface area is 180 Å². The first-order chi connectivity index (χ1) is 14.4. The average molecular weight is 427 g/mol. The van der Waals surface area contributed by atoms with E-state index in [0.717, 1.165) is 34.3 Å². The lowest BCUT2D eigenvalue weighted by Crippen LogP contribution is -2.46. The third kappa shape index (κ3) is 4.94. The molecule has 0 aliphatic carbocycles. The van der Waals surface area contributed by atoms with Gasteiger partial charge < -0.3 is 20.7 Å². The number of allylic oxidation sites excluding steroid dienone is 1. The number of hydrogen-bond acceptors (Lipinski definition) is 6. The van der Waals surface area contributed by atoms with Gasteiger partial charge in [-0.2, -0.15) is 0 Å². The lowest BCUT2D eigenvalue weighted by Gasteiger charge is -2.25. The Morgan fingerprint density at radius 3 is 2.77 bits per heavy atom. The summed E-state index contributed by atoms with van der Waals surface area (Å²) in [5.41, 5.74) is 4.91. The Balaban J connectivity index is 1.63. The van der Waals surface area contributed by atoms with Crippen LogP contribution in [0.25, 0.3) is 10.4 Å². The van der Waals surface area contributed by atoms with Crippen LogP contribution in [0.15, 0.2) is 41.6 Å². The molecule has 2 heterocycles. The van der Waals surface area contributed by atoms with Crippen LogP contribution in [0.1, 0.15) is 43.5 Å². The number of carbonyl (C=O) groups excluding carboxylic acids is 2. The molecule has 1 fully saturated rings. The Morgan fingerprint density at radius 1 is 1.40 bits per heavy atom. The van der Waals surface area contributed by atoms with Gasteiger partial charge in [-0.05, 0) is 43.9 Å². The van der Waals surface area contributed by atoms with E-state index in [2.05, 4.69) is 10.3 Å². The smallest absolute Gasteiger partial charge is 0.243 e. The van der Waals surface area contributed by atoms with Gasteiger partial charge in [0.15, 0.2) is 0 Å². The van der Waals surface area contributed by atoms with Crippen molar-refractivity contribution in [2.45, 2.75) is 45.2 Å². The number of aliphatic hydroxyl groups is 1. The van der Waals surface area contributed by atoms with Crippen LogP contribution >= 0.6 is 11.3 Å². The minimum absolute atomic E-state index is 0.175. The van der Waals surface area contributed by atoms with Crippen molar-refractivity contribution in [2.75, 3.05) is 6.54 Å². The molecule has 2 amide bonds. The van der Waals surface area contributed by atoms with E-state index in [1.165, 1.54) is 11.0 Å². The minimum Gasteiger partial charge on any atom is -0.512 e. The zero-order valence-electron chi connectivity index (χ0n) is 17.1. The van der Waals surface area contributed by atoms with Crippen molar-refractivity contribution in [3.05, 3.63) is 52.9 Å². The second-order valence-electron chi connectivity index (χ2n) is 7.37. The molecule has 0 spiro atoms. The van der Waals surface area contributed by atoms with E-state index < -0.39 is 6.04 Å². The van der Waals surface area contributed by atoms with Gasteiger partial charge in [0.2, 0.25) is 11.8 Å². The molecule has 1 saturated heterocycles. The lowest BCUT2D eigenvalue weighted by atomic mass is 10.0. The highest BCUT2D eigenvalue weighted by Crippen LogP contribution is 2.28. The number of hydrogen-bond donors (Lipinski definition) is 3. The Morgan fingerprint density at radius 2 is 2.13 bits per heavy atom. The second kappa shape index (κ2) is 9.67. The van der Waals surface area contributed by atoms with Crippen LogP contribution in [-0.4, -0.2) is 45.6 Å². The topological polar surface area (TPSA) is 106 Å². The summed E-state index contributed by atoms with van der Waals surface area (Å²) in [5.74, 6) is -0.669. The Kier molecular flexibility index (Phi) is 6.99. The summed E-state index contributed by atoms with van der Waals surface area (Å²) in [4.78, 5) is 32.2. The maximum absolute atomic E-state index is 12.8. The summed E-state index contributed by atoms with van der Waals surface area (Å²) in [5, 5.41) is 19.6. The quantitative estimate of drug-likeness (QED) is 0.463. The van der Waals surface area contributed by atoms with Crippen LogP contribution in [0, 0.1) is 12.3 Å². The third-order valence-electron chi connectivity index (χ3n) is 5.26. The van der Waals surface area contributed by atoms with E-state index in [0.29, 0.717) is 13.0 Å². The molecule has 158 valence electrons. The predicted octanol–water partition coefficient (Wildman–Crippen LogP) is 3.77. The maximum atomic E-state index is 12.8. The van der Waals surface area contributed by atoms with E-state index in [-0.39, 0.29) is 30.0 Å². The molecule has 1 aliphatic heterocycles. The molecule has 3 N–H and O–H groups in total. The number of carbonyl (C=O) groups is 2. The van der Waals surface area contributed by atoms with Crippen molar-refractivity contribution in [2.24, 2.45) is 0 Å². The number of thiazole rings is 1. The second-order valence-corrected chi connectivity index (χ2v) is 8.22. The Bertz CT molecular complexity index is 952. The van der Waals surface area contributed by atoms with Gasteiger partial charge in [0.05, 0.1) is 28.5 Å². The largest absolute Gasteiger partial charge is 0.512 e. The number of aromatic nitrogens is 1. The van der Waals surface area contributed by atoms with E-state index in [9.17, 15) is 14.7 Å². The van der Waals surface area contributed by atoms with Crippen molar-refractivity contribution in [1.29, 1.82) is 5.41 Å². The molecule has 30 heavy (non-hydrogen) atoms. The molecule has 1 aromatic heterocycles. The highest BCUT2D eigenvalue weighted by molar-refractivity contribution is 7.13. The molecular weight excluding hydrogens is 400 g/mol. The maximum Gasteiger partial charge on any atom is 0.243 e. The first kappa shape index (κ1) is 21.7. The number of nitrogens with zero attached hydrogens (tertiary/aromatic N) is 2. The zero-order chi connectivity index (χ0) is 21.7. The van der Waals surface area contributed by atoms with Crippen LogP contribution in [0.4, 0.5) is 0 Å². The van der Waals surface area contributed by atoms with Crippen LogP contribution in [0.2, 0.25) is 0 Å². The van der Waals surface area contributed by atoms with Gasteiger partial charge in [-0.15, -0.1) is 11.3 Å². The minimum atomic E-state index is -0.535. The molecule has 1 aliphatic rings. The number of nitrogens with one attached hydrogen (secondary N) is 2. The highest BCUT2D eigenvalue weighted by atomic mass is 32.1. The van der Waals surface area contributed by atoms with Gasteiger partial charge in [-0.3, -0.25) is 9.59 Å². The first-order valence-electron chi connectivity index (χ1n) is 9.89. The fourth-order valence-electron chi connectivity index (χ4n) is 3.64. The summed E-state index contributed by atoms with van der Waals surface area (Å²) in [6, 6.07) is 7.32. The molecule has 0 saturated carbocycles. The molecule has 0 unspecified atom stereocenters. The molecule has 3 rings (SSSR count). The van der Waals surface area contributed by atoms with Crippen LogP contribution in [-0.2, 0) is 9.59 Å². The van der Waals surface area contributed by atoms with E-state index in [1.807, 2.05) is 43.6 Å². The molecule has 0 bridgehead atoms. The summed E-state index contributed by atoms with van der Waals surface area (Å²) >= 11 is 1.60. The molecular formula is C22H26N4O3S. The highest BCUT2D eigenvalue weighted by Gasteiger charge is 2.34. The lowest BCUT2D eigenvalue weighted by molar-refractivity contribution is -0.138. The summed E-state index contributed by atoms with van der Waals surface area (Å²) in [6.07, 6.45) is 3.24. The predicted molar refractivity (Wildman–Crippen MR) is 118 cm³/mol. The fraction of sp³-hybridized carbons (Fsp3) is 0.364. The number of benzene rings is 1. The number of aliphatic hydroxyl groups excluding tert-OH is 1. The number of amides is 2. The summed E-state index contributed by atoms with van der Waals surface area (Å²) < 4.78 is 0. The fourth-order valence-corrected chi connectivity index (χ4v) is 4.46. The molecule has 1 aromatic carbocycles. The van der Waals surface area contributed by atoms with Crippen molar-refractivity contribution >= 4 is 29.4 Å². The van der Waals surface area contributed by atoms with Crippen molar-refractivity contribution in [3.63, 3.8) is 0 Å². The van der Waals surface area contributed by atoms with Gasteiger partial charge >= 0.3 is 0 Å². The Hall–Kier alpha value is -3.00. The van der Waals surface area contributed by atoms with Crippen LogP contribution in [0.5, 0.6) is 0 Å². The molecule has 8 heteroatoms. The summed E-state index contributed by atoms with van der Waals surface area (Å²) in [6.45, 7) is 4.40. The van der Waals surface area contributed by atoms with Crippen molar-refractivity contribution in [1.82, 2.24) is 15.2 Å². The van der Waals surface area contributed by atoms with Crippen molar-refractivity contribution in [3.8, 4) is 10.4 Å². The van der Waals surface area contributed by atoms with Gasteiger partial charge in [-0.25, -0.2) is 4.98 Å². The standard InChI is InChI=1S/C22H26N4O3S/c1-14(16-5-7-17(8-6-16)21-15(2)24-13-30-21)25-22(29)19-4-3-11-26(19)20(28)12-18(27)9-10-23/h5-10,13-14,19,23,27H,3-4,11-12H2,1-2H3,(H,25,29)/b18-9-,23-10?/t14-,19-/m0/s1. The molecule has 7 nitrogen and oxygen atoms in total. The molecule has 2 aromatic rings. The van der Waals surface area contributed by atoms with Gasteiger partial charge in [0.1, 0.15) is 11.8 Å². The van der Waals surface area contributed by atoms with Gasteiger partial charge in [-0.1, -0.05) is 24.3 Å². The monoisotopic (exact) mass is 426 g/mol. The SMILES string of the molecule is Cc1ncsc1-c1ccc([C@H](C)NC(=O)[C@@H]2CCCN2C(=O)C/C(O)=C/C=N)cc1. The van der Waals surface area contributed by atoms with Crippen LogP contribution < -0.4 is 5.32 Å². The molecule has 2 atom stereocenters.